The molecule has 0 saturated heterocycles. The van der Waals surface area contributed by atoms with Gasteiger partial charge >= 0.3 is 0 Å². The molecule has 19 heavy (non-hydrogen) atoms. The lowest BCUT2D eigenvalue weighted by Crippen LogP contribution is -2.15. The number of hydrogen-bond donors (Lipinski definition) is 1. The summed E-state index contributed by atoms with van der Waals surface area (Å²) < 4.78 is 26.6. The van der Waals surface area contributed by atoms with Crippen LogP contribution in [-0.4, -0.2) is 13.4 Å². The van der Waals surface area contributed by atoms with Crippen LogP contribution in [-0.2, 0) is 15.8 Å². The molecule has 2 rings (SSSR count). The lowest BCUT2D eigenvalue weighted by molar-refractivity contribution is 0.600. The molecule has 0 saturated carbocycles. The first-order chi connectivity index (χ1) is 8.96. The van der Waals surface area contributed by atoms with Crippen molar-refractivity contribution in [1.82, 2.24) is 4.98 Å². The Morgan fingerprint density at radius 2 is 2.11 bits per heavy atom. The molecule has 0 bridgehead atoms. The van der Waals surface area contributed by atoms with Crippen LogP contribution in [0, 0.1) is 6.92 Å². The molecule has 4 nitrogen and oxygen atoms in total. The van der Waals surface area contributed by atoms with Crippen molar-refractivity contribution >= 4 is 27.3 Å². The molecule has 100 valence electrons. The van der Waals surface area contributed by atoms with Crippen molar-refractivity contribution in [2.45, 2.75) is 12.7 Å². The van der Waals surface area contributed by atoms with Gasteiger partial charge in [-0.2, -0.15) is 0 Å². The van der Waals surface area contributed by atoms with Gasteiger partial charge < -0.3 is 0 Å². The Morgan fingerprint density at radius 3 is 2.79 bits per heavy atom. The first kappa shape index (κ1) is 13.8. The number of aryl methyl sites for hydroxylation is 1. The number of rotatable bonds is 4. The topological polar surface area (TPSA) is 59.1 Å². The molecule has 1 aromatic carbocycles. The second-order valence-corrected chi connectivity index (χ2v) is 6.34. The first-order valence-corrected chi connectivity index (χ1v) is 7.65. The second kappa shape index (κ2) is 5.59. The number of sulfonamides is 1. The minimum absolute atomic E-state index is 0.123. The van der Waals surface area contributed by atoms with Crippen LogP contribution < -0.4 is 4.72 Å². The van der Waals surface area contributed by atoms with Crippen LogP contribution in [0.15, 0.2) is 42.7 Å². The predicted octanol–water partition coefficient (Wildman–Crippen LogP) is 2.99. The van der Waals surface area contributed by atoms with Crippen molar-refractivity contribution in [1.29, 1.82) is 0 Å². The quantitative estimate of drug-likeness (QED) is 0.943. The zero-order valence-electron chi connectivity index (χ0n) is 10.3. The molecule has 0 atom stereocenters. The summed E-state index contributed by atoms with van der Waals surface area (Å²) >= 11 is 5.83. The van der Waals surface area contributed by atoms with E-state index in [4.69, 9.17) is 11.6 Å². The Labute approximate surface area is 117 Å². The molecule has 1 N–H and O–H groups in total. The summed E-state index contributed by atoms with van der Waals surface area (Å²) in [6.45, 7) is 1.82. The van der Waals surface area contributed by atoms with E-state index < -0.39 is 10.0 Å². The molecule has 2 aromatic rings. The number of pyridine rings is 1. The van der Waals surface area contributed by atoms with E-state index in [1.165, 1.54) is 6.20 Å². The monoisotopic (exact) mass is 296 g/mol. The number of benzene rings is 1. The molecule has 1 heterocycles. The molecule has 1 aromatic heterocycles. The zero-order chi connectivity index (χ0) is 13.9. The molecule has 0 aliphatic carbocycles. The highest BCUT2D eigenvalue weighted by atomic mass is 35.5. The molecule has 6 heteroatoms. The van der Waals surface area contributed by atoms with Crippen LogP contribution in [0.25, 0.3) is 0 Å². The van der Waals surface area contributed by atoms with Crippen molar-refractivity contribution in [3.8, 4) is 0 Å². The summed E-state index contributed by atoms with van der Waals surface area (Å²) in [5.41, 5.74) is 1.95. The molecule has 0 fully saturated rings. The van der Waals surface area contributed by atoms with Gasteiger partial charge in [0, 0.05) is 11.2 Å². The zero-order valence-corrected chi connectivity index (χ0v) is 11.9. The maximum absolute atomic E-state index is 12.1. The summed E-state index contributed by atoms with van der Waals surface area (Å²) in [6, 6.07) is 8.54. The van der Waals surface area contributed by atoms with Crippen molar-refractivity contribution in [3.63, 3.8) is 0 Å². The van der Waals surface area contributed by atoms with Crippen molar-refractivity contribution < 1.29 is 8.42 Å². The number of anilines is 1. The largest absolute Gasteiger partial charge is 0.281 e. The Balaban J connectivity index is 2.18. The normalized spacial score (nSPS) is 11.3. The molecule has 0 amide bonds. The highest BCUT2D eigenvalue weighted by Gasteiger charge is 2.13. The SMILES string of the molecule is Cc1ccncc1NS(=O)(=O)Cc1cccc(Cl)c1. The van der Waals surface area contributed by atoms with Crippen LogP contribution in [0.1, 0.15) is 11.1 Å². The molecule has 0 spiro atoms. The van der Waals surface area contributed by atoms with E-state index >= 15 is 0 Å². The maximum Gasteiger partial charge on any atom is 0.236 e. The maximum atomic E-state index is 12.1. The number of nitrogens with zero attached hydrogens (tertiary/aromatic N) is 1. The van der Waals surface area contributed by atoms with Gasteiger partial charge in [-0.05, 0) is 36.2 Å². The lowest BCUT2D eigenvalue weighted by Gasteiger charge is -2.10. The Hall–Kier alpha value is -1.59. The van der Waals surface area contributed by atoms with Gasteiger partial charge in [-0.15, -0.1) is 0 Å². The van der Waals surface area contributed by atoms with E-state index in [2.05, 4.69) is 9.71 Å². The highest BCUT2D eigenvalue weighted by Crippen LogP contribution is 2.17. The van der Waals surface area contributed by atoms with Gasteiger partial charge in [0.15, 0.2) is 0 Å². The van der Waals surface area contributed by atoms with E-state index in [0.717, 1.165) is 5.56 Å². The summed E-state index contributed by atoms with van der Waals surface area (Å²) in [5.74, 6) is -0.123. The molecule has 0 radical (unpaired) electrons. The van der Waals surface area contributed by atoms with Crippen LogP contribution in [0.2, 0.25) is 5.02 Å². The van der Waals surface area contributed by atoms with Crippen molar-refractivity contribution in [2.24, 2.45) is 0 Å². The van der Waals surface area contributed by atoms with Crippen LogP contribution in [0.5, 0.6) is 0 Å². The van der Waals surface area contributed by atoms with Gasteiger partial charge in [-0.1, -0.05) is 23.7 Å². The summed E-state index contributed by atoms with van der Waals surface area (Å²) in [5, 5.41) is 0.519. The third kappa shape index (κ3) is 3.94. The van der Waals surface area contributed by atoms with Crippen LogP contribution >= 0.6 is 11.6 Å². The lowest BCUT2D eigenvalue weighted by atomic mass is 10.2. The predicted molar refractivity (Wildman–Crippen MR) is 76.7 cm³/mol. The summed E-state index contributed by atoms with van der Waals surface area (Å²) in [6.07, 6.45) is 3.11. The average Bonchev–Trinajstić information content (AvgIpc) is 2.31. The molecule has 0 aliphatic heterocycles. The molecular formula is C13H13ClN2O2S. The first-order valence-electron chi connectivity index (χ1n) is 5.62. The number of aromatic nitrogens is 1. The third-order valence-corrected chi connectivity index (χ3v) is 4.03. The van der Waals surface area contributed by atoms with Gasteiger partial charge in [-0.3, -0.25) is 9.71 Å². The van der Waals surface area contributed by atoms with Crippen molar-refractivity contribution in [2.75, 3.05) is 4.72 Å². The van der Waals surface area contributed by atoms with Gasteiger partial charge in [0.2, 0.25) is 10.0 Å². The highest BCUT2D eigenvalue weighted by molar-refractivity contribution is 7.91. The van der Waals surface area contributed by atoms with Gasteiger partial charge in [0.25, 0.3) is 0 Å². The van der Waals surface area contributed by atoms with Crippen LogP contribution in [0.4, 0.5) is 5.69 Å². The fourth-order valence-electron chi connectivity index (χ4n) is 1.62. The standard InChI is InChI=1S/C13H13ClN2O2S/c1-10-5-6-15-8-13(10)16-19(17,18)9-11-3-2-4-12(14)7-11/h2-8,16H,9H2,1H3. The minimum atomic E-state index is -3.48. The minimum Gasteiger partial charge on any atom is -0.281 e. The molecule has 0 aliphatic rings. The Bertz CT molecular complexity index is 687. The van der Waals surface area contributed by atoms with E-state index in [0.29, 0.717) is 16.3 Å². The van der Waals surface area contributed by atoms with E-state index in [9.17, 15) is 8.42 Å². The van der Waals surface area contributed by atoms with Crippen LogP contribution in [0.3, 0.4) is 0 Å². The van der Waals surface area contributed by atoms with Gasteiger partial charge in [0.1, 0.15) is 0 Å². The van der Waals surface area contributed by atoms with Gasteiger partial charge in [0.05, 0.1) is 17.6 Å². The number of hydrogen-bond acceptors (Lipinski definition) is 3. The smallest absolute Gasteiger partial charge is 0.236 e. The summed E-state index contributed by atoms with van der Waals surface area (Å²) in [7, 11) is -3.48. The second-order valence-electron chi connectivity index (χ2n) is 4.18. The van der Waals surface area contributed by atoms with E-state index in [-0.39, 0.29) is 5.75 Å². The van der Waals surface area contributed by atoms with E-state index in [1.807, 2.05) is 6.92 Å². The van der Waals surface area contributed by atoms with E-state index in [1.54, 1.807) is 36.5 Å². The summed E-state index contributed by atoms with van der Waals surface area (Å²) in [4.78, 5) is 3.90. The Morgan fingerprint density at radius 1 is 1.32 bits per heavy atom. The fourth-order valence-corrected chi connectivity index (χ4v) is 3.07. The van der Waals surface area contributed by atoms with Crippen molar-refractivity contribution in [3.05, 3.63) is 58.9 Å². The Kier molecular flexibility index (Phi) is 4.07. The molecular weight excluding hydrogens is 284 g/mol. The molecule has 0 unspecified atom stereocenters. The van der Waals surface area contributed by atoms with Gasteiger partial charge in [-0.25, -0.2) is 8.42 Å². The fraction of sp³-hybridized carbons (Fsp3) is 0.154. The number of halogens is 1. The third-order valence-electron chi connectivity index (χ3n) is 2.55. The average molecular weight is 297 g/mol. The number of nitrogens with one attached hydrogen (secondary N) is 1.